The van der Waals surface area contributed by atoms with Gasteiger partial charge in [0.15, 0.2) is 10.9 Å². The van der Waals surface area contributed by atoms with Crippen molar-refractivity contribution < 1.29 is 43.2 Å². The fraction of sp³-hybridized carbons (Fsp3) is 0.673. The van der Waals surface area contributed by atoms with Crippen LogP contribution in [0.25, 0.3) is 22.3 Å². The van der Waals surface area contributed by atoms with Crippen LogP contribution in [0.2, 0.25) is 5.02 Å². The van der Waals surface area contributed by atoms with Gasteiger partial charge in [-0.05, 0) is 88.7 Å². The smallest absolute Gasteiger partial charge is 0.310 e. The number of esters is 1. The number of nitrogens with one attached hydrogen (secondary N) is 1. The SMILES string of the molecule is CC[C@@H]1CC1(CC(=O)[C@@H]1C[C@@H](Oc2cc(-c3csc(NC(C)C)n3)nc3c(Cl)c(OCCN4CCOCC4(C)C)ccc23)CN1C(=O)[C@@H](CC(=O)OC1C[C@@H]2C[C@@H]2C1)C(C)(C)C)C(=O)O. The topological polar surface area (TPSA) is 170 Å². The Kier molecular flexibility index (Phi) is 13.5. The van der Waals surface area contributed by atoms with Gasteiger partial charge in [0.05, 0.1) is 54.8 Å². The second kappa shape index (κ2) is 18.6. The van der Waals surface area contributed by atoms with Crippen LogP contribution in [0.15, 0.2) is 23.6 Å². The van der Waals surface area contributed by atoms with Gasteiger partial charge >= 0.3 is 11.9 Å². The summed E-state index contributed by atoms with van der Waals surface area (Å²) >= 11 is 8.64. The molecule has 4 heterocycles. The molecule has 3 aromatic rings. The maximum absolute atomic E-state index is 14.9. The number of carbonyl (C=O) groups is 4. The standard InChI is InChI=1S/C49H66ClN5O9S/c1-9-30-22-49(30,45(59)60)23-38(56)37-19-32(24-55(37)44(58)34(47(4,5)6)20-41(57)64-31-17-28-16-29(28)18-31)63-40-21-35(36-25-65-46(53-36)51-27(2)3)52-43-33(40)10-11-39(42(43)50)62-15-13-54-12-14-61-26-48(54,7)8/h10-11,21,25,27-32,34,37H,9,12-20,22-24,26H2,1-8H3,(H,51,53)(H,59,60)/t28-,29+,30-,31?,32-,34-,37+,49?/m1/s1. The lowest BCUT2D eigenvalue weighted by Crippen LogP contribution is -2.54. The highest BCUT2D eigenvalue weighted by molar-refractivity contribution is 7.14. The molecule has 5 aliphatic rings. The lowest BCUT2D eigenvalue weighted by Gasteiger charge is -2.41. The first-order valence-electron chi connectivity index (χ1n) is 23.5. The van der Waals surface area contributed by atoms with E-state index in [9.17, 15) is 24.3 Å². The fourth-order valence-electron chi connectivity index (χ4n) is 10.5. The van der Waals surface area contributed by atoms with E-state index in [0.29, 0.717) is 89.9 Å². The average molecular weight is 937 g/mol. The third-order valence-electron chi connectivity index (χ3n) is 14.5. The van der Waals surface area contributed by atoms with Crippen LogP contribution in [-0.4, -0.2) is 118 Å². The number of ether oxygens (including phenoxy) is 4. The number of nitrogens with zero attached hydrogens (tertiary/aromatic N) is 4. The molecule has 0 bridgehead atoms. The molecular weight excluding hydrogens is 870 g/mol. The maximum Gasteiger partial charge on any atom is 0.310 e. The van der Waals surface area contributed by atoms with Crippen molar-refractivity contribution >= 4 is 62.6 Å². The number of amides is 1. The molecule has 65 heavy (non-hydrogen) atoms. The Morgan fingerprint density at radius 2 is 1.80 bits per heavy atom. The number of Topliss-reactive ketones (excluding diaryl/α,β-unsaturated/α-hetero) is 1. The molecule has 3 saturated carbocycles. The molecule has 1 amide bonds. The highest BCUT2D eigenvalue weighted by Crippen LogP contribution is 2.58. The number of anilines is 1. The van der Waals surface area contributed by atoms with Gasteiger partial charge in [-0.15, -0.1) is 11.3 Å². The highest BCUT2D eigenvalue weighted by Gasteiger charge is 2.61. The lowest BCUT2D eigenvalue weighted by atomic mass is 9.77. The van der Waals surface area contributed by atoms with Crippen molar-refractivity contribution in [3.8, 4) is 22.9 Å². The number of ketones is 1. The van der Waals surface area contributed by atoms with Gasteiger partial charge in [0.2, 0.25) is 5.91 Å². The van der Waals surface area contributed by atoms with Crippen molar-refractivity contribution in [1.29, 1.82) is 0 Å². The maximum atomic E-state index is 14.9. The van der Waals surface area contributed by atoms with Gasteiger partial charge in [-0.2, -0.15) is 0 Å². The quantitative estimate of drug-likeness (QED) is 0.117. The third-order valence-corrected chi connectivity index (χ3v) is 15.7. The molecule has 14 nitrogen and oxygen atoms in total. The number of likely N-dealkylation sites (tertiary alicyclic amines) is 1. The summed E-state index contributed by atoms with van der Waals surface area (Å²) in [6.07, 6.45) is 3.01. The Morgan fingerprint density at radius 3 is 2.46 bits per heavy atom. The zero-order valence-electron chi connectivity index (χ0n) is 39.1. The molecule has 2 saturated heterocycles. The van der Waals surface area contributed by atoms with Gasteiger partial charge < -0.3 is 34.3 Å². The zero-order chi connectivity index (χ0) is 46.6. The second-order valence-corrected chi connectivity index (χ2v) is 22.4. The molecule has 354 valence electrons. The molecule has 0 spiro atoms. The van der Waals surface area contributed by atoms with Gasteiger partial charge in [0.25, 0.3) is 0 Å². The van der Waals surface area contributed by atoms with Gasteiger partial charge in [-0.1, -0.05) is 45.7 Å². The van der Waals surface area contributed by atoms with Crippen molar-refractivity contribution in [2.24, 2.45) is 34.5 Å². The van der Waals surface area contributed by atoms with Crippen LogP contribution >= 0.6 is 22.9 Å². The Balaban J connectivity index is 1.09. The van der Waals surface area contributed by atoms with Crippen molar-refractivity contribution in [2.75, 3.05) is 44.8 Å². The third kappa shape index (κ3) is 10.3. The number of rotatable bonds is 18. The van der Waals surface area contributed by atoms with E-state index in [2.05, 4.69) is 24.1 Å². The van der Waals surface area contributed by atoms with Gasteiger partial charge in [-0.3, -0.25) is 24.1 Å². The number of carbonyl (C=O) groups excluding carboxylic acids is 3. The van der Waals surface area contributed by atoms with Crippen LogP contribution in [0.5, 0.6) is 11.5 Å². The Labute approximate surface area is 391 Å². The molecule has 2 aliphatic heterocycles. The summed E-state index contributed by atoms with van der Waals surface area (Å²) in [5.74, 6) is -0.810. The zero-order valence-corrected chi connectivity index (χ0v) is 40.7. The molecule has 2 N–H and O–H groups in total. The van der Waals surface area contributed by atoms with Crippen LogP contribution in [0.3, 0.4) is 0 Å². The number of carboxylic acid groups (broad SMARTS) is 1. The predicted molar refractivity (Wildman–Crippen MR) is 249 cm³/mol. The van der Waals surface area contributed by atoms with Crippen LogP contribution in [-0.2, 0) is 28.7 Å². The first-order chi connectivity index (χ1) is 30.8. The summed E-state index contributed by atoms with van der Waals surface area (Å²) < 4.78 is 24.8. The van der Waals surface area contributed by atoms with Crippen molar-refractivity contribution in [2.45, 2.75) is 137 Å². The summed E-state index contributed by atoms with van der Waals surface area (Å²) in [6.45, 7) is 19.3. The minimum atomic E-state index is -1.16. The Morgan fingerprint density at radius 1 is 1.05 bits per heavy atom. The monoisotopic (exact) mass is 935 g/mol. The highest BCUT2D eigenvalue weighted by atomic mass is 35.5. The number of hydrogen-bond donors (Lipinski definition) is 2. The Bertz CT molecular complexity index is 2290. The predicted octanol–water partition coefficient (Wildman–Crippen LogP) is 8.52. The first kappa shape index (κ1) is 47.4. The van der Waals surface area contributed by atoms with E-state index >= 15 is 0 Å². The molecule has 2 aromatic heterocycles. The van der Waals surface area contributed by atoms with Crippen molar-refractivity contribution in [3.05, 3.63) is 28.6 Å². The number of aliphatic carboxylic acids is 1. The summed E-state index contributed by atoms with van der Waals surface area (Å²) in [4.78, 5) is 69.3. The molecule has 8 rings (SSSR count). The molecule has 0 radical (unpaired) electrons. The number of hydrogen-bond acceptors (Lipinski definition) is 13. The number of fused-ring (bicyclic) bond motifs is 2. The van der Waals surface area contributed by atoms with Crippen molar-refractivity contribution in [3.63, 3.8) is 0 Å². The first-order valence-corrected chi connectivity index (χ1v) is 24.8. The Hall–Kier alpha value is -4.05. The second-order valence-electron chi connectivity index (χ2n) is 21.2. The summed E-state index contributed by atoms with van der Waals surface area (Å²) in [6, 6.07) is 4.68. The van der Waals surface area contributed by atoms with E-state index in [1.54, 1.807) is 11.0 Å². The number of carboxylic acids is 1. The number of benzene rings is 1. The van der Waals surface area contributed by atoms with E-state index in [4.69, 9.17) is 40.5 Å². The van der Waals surface area contributed by atoms with Gasteiger partial charge in [0.1, 0.15) is 41.0 Å². The molecule has 5 fully saturated rings. The summed E-state index contributed by atoms with van der Waals surface area (Å²) in [5, 5.41) is 17.3. The number of morpholine rings is 1. The minimum Gasteiger partial charge on any atom is -0.491 e. The van der Waals surface area contributed by atoms with Crippen LogP contribution in [0, 0.1) is 34.5 Å². The average Bonchev–Trinajstić information content (AvgIpc) is 3.91. The van der Waals surface area contributed by atoms with Gasteiger partial charge in [-0.25, -0.2) is 9.97 Å². The lowest BCUT2D eigenvalue weighted by molar-refractivity contribution is -0.157. The molecule has 8 atom stereocenters. The normalized spacial score (nSPS) is 27.6. The van der Waals surface area contributed by atoms with E-state index in [0.717, 1.165) is 24.5 Å². The van der Waals surface area contributed by atoms with Crippen LogP contribution in [0.4, 0.5) is 5.13 Å². The summed E-state index contributed by atoms with van der Waals surface area (Å²) in [5.41, 5.74) is -0.364. The van der Waals surface area contributed by atoms with E-state index < -0.39 is 40.8 Å². The molecular formula is C49H66ClN5O9S. The number of aromatic nitrogens is 2. The number of thiazole rings is 1. The fourth-order valence-corrected chi connectivity index (χ4v) is 11.6. The molecule has 3 aliphatic carbocycles. The van der Waals surface area contributed by atoms with E-state index in [-0.39, 0.29) is 61.1 Å². The van der Waals surface area contributed by atoms with Gasteiger partial charge in [0, 0.05) is 54.3 Å². The molecule has 1 aromatic carbocycles. The largest absolute Gasteiger partial charge is 0.491 e. The molecule has 16 heteroatoms. The van der Waals surface area contributed by atoms with Crippen LogP contribution in [0.1, 0.15) is 107 Å². The minimum absolute atomic E-state index is 0.0469. The van der Waals surface area contributed by atoms with Crippen molar-refractivity contribution in [1.82, 2.24) is 19.8 Å². The molecule has 2 unspecified atom stereocenters. The van der Waals surface area contributed by atoms with E-state index in [1.165, 1.54) is 17.8 Å². The van der Waals surface area contributed by atoms with E-state index in [1.807, 2.05) is 59.1 Å². The number of pyridine rings is 1. The number of halogens is 1. The van der Waals surface area contributed by atoms with Crippen LogP contribution < -0.4 is 14.8 Å². The summed E-state index contributed by atoms with van der Waals surface area (Å²) in [7, 11) is 0.